The van der Waals surface area contributed by atoms with Crippen molar-refractivity contribution in [3.05, 3.63) is 23.4 Å². The number of anilines is 3. The summed E-state index contributed by atoms with van der Waals surface area (Å²) in [6, 6.07) is 0.827. The average molecular weight is 454 g/mol. The van der Waals surface area contributed by atoms with Crippen molar-refractivity contribution in [1.82, 2.24) is 15.0 Å². The Morgan fingerprint density at radius 3 is 2.65 bits per heavy atom. The minimum Gasteiger partial charge on any atom is -0.384 e. The molecule has 0 amide bonds. The van der Waals surface area contributed by atoms with Crippen LogP contribution in [0.3, 0.4) is 0 Å². The van der Waals surface area contributed by atoms with Gasteiger partial charge >= 0.3 is 6.18 Å². The summed E-state index contributed by atoms with van der Waals surface area (Å²) >= 11 is 0. The Bertz CT molecular complexity index is 1040. The molecular formula is C19H21F3N6O2S. The van der Waals surface area contributed by atoms with E-state index in [0.717, 1.165) is 17.8 Å². The molecule has 2 aromatic rings. The molecule has 2 saturated heterocycles. The van der Waals surface area contributed by atoms with E-state index in [1.54, 1.807) is 0 Å². The first-order valence-corrected chi connectivity index (χ1v) is 11.5. The lowest BCUT2D eigenvalue weighted by Gasteiger charge is -2.31. The first kappa shape index (κ1) is 20.4. The summed E-state index contributed by atoms with van der Waals surface area (Å²) < 4.78 is 58.8. The summed E-state index contributed by atoms with van der Waals surface area (Å²) in [7, 11) is -0.906. The van der Waals surface area contributed by atoms with Crippen LogP contribution in [-0.4, -0.2) is 69.6 Å². The number of alkyl halides is 3. The van der Waals surface area contributed by atoms with Gasteiger partial charge in [-0.25, -0.2) is 15.0 Å². The number of fused-ring (bicyclic) bond motifs is 3. The van der Waals surface area contributed by atoms with Crippen LogP contribution in [0.15, 0.2) is 12.3 Å². The van der Waals surface area contributed by atoms with Gasteiger partial charge in [-0.1, -0.05) is 0 Å². The first-order chi connectivity index (χ1) is 14.8. The number of hydrogen-bond donors (Lipinski definition) is 1. The molecule has 2 atom stereocenters. The molecule has 3 aliphatic rings. The van der Waals surface area contributed by atoms with Gasteiger partial charge in [0, 0.05) is 66.2 Å². The highest BCUT2D eigenvalue weighted by molar-refractivity contribution is 7.85. The molecule has 2 N–H and O–H groups in total. The molecule has 31 heavy (non-hydrogen) atoms. The van der Waals surface area contributed by atoms with E-state index in [2.05, 4.69) is 19.9 Å². The monoisotopic (exact) mass is 454 g/mol. The Labute approximate surface area is 179 Å². The number of halogens is 3. The Balaban J connectivity index is 1.67. The number of ether oxygens (including phenoxy) is 1. The number of morpholine rings is 1. The molecule has 0 spiro atoms. The zero-order valence-corrected chi connectivity index (χ0v) is 17.4. The number of aromatic nitrogens is 3. The number of hydrogen-bond acceptors (Lipinski definition) is 8. The maximum atomic E-state index is 13.7. The summed E-state index contributed by atoms with van der Waals surface area (Å²) in [5.74, 6) is 2.02. The third-order valence-electron chi connectivity index (χ3n) is 5.84. The third kappa shape index (κ3) is 3.71. The molecule has 5 heterocycles. The molecule has 12 heteroatoms. The topological polar surface area (TPSA) is 97.5 Å². The van der Waals surface area contributed by atoms with E-state index in [-0.39, 0.29) is 23.2 Å². The SMILES string of the molecule is Nc1cc(C(F)(F)F)c(-c2nc(N3CCOCC3)c3c(n2)N2CCS(=O)C[C@@H]2C3)cn1. The van der Waals surface area contributed by atoms with Crippen molar-refractivity contribution >= 4 is 28.3 Å². The van der Waals surface area contributed by atoms with E-state index >= 15 is 0 Å². The largest absolute Gasteiger partial charge is 0.417 e. The van der Waals surface area contributed by atoms with Crippen LogP contribution in [0.2, 0.25) is 0 Å². The van der Waals surface area contributed by atoms with Crippen LogP contribution in [-0.2, 0) is 28.1 Å². The van der Waals surface area contributed by atoms with E-state index in [1.807, 2.05) is 4.90 Å². The van der Waals surface area contributed by atoms with Gasteiger partial charge in [-0.15, -0.1) is 0 Å². The van der Waals surface area contributed by atoms with Crippen LogP contribution in [0.25, 0.3) is 11.4 Å². The molecule has 0 saturated carbocycles. The molecular weight excluding hydrogens is 433 g/mol. The molecule has 166 valence electrons. The van der Waals surface area contributed by atoms with Gasteiger partial charge in [-0.2, -0.15) is 13.2 Å². The molecule has 2 aromatic heterocycles. The minimum absolute atomic E-state index is 0.0144. The fourth-order valence-electron chi connectivity index (χ4n) is 4.38. The van der Waals surface area contributed by atoms with E-state index in [0.29, 0.717) is 62.4 Å². The van der Waals surface area contributed by atoms with Crippen molar-refractivity contribution in [1.29, 1.82) is 0 Å². The highest BCUT2D eigenvalue weighted by atomic mass is 32.2. The highest BCUT2D eigenvalue weighted by Gasteiger charge is 2.40. The van der Waals surface area contributed by atoms with Crippen molar-refractivity contribution in [3.8, 4) is 11.4 Å². The van der Waals surface area contributed by atoms with Gasteiger partial charge in [0.15, 0.2) is 5.82 Å². The van der Waals surface area contributed by atoms with E-state index in [1.165, 1.54) is 0 Å². The third-order valence-corrected chi connectivity index (χ3v) is 7.23. The predicted octanol–water partition coefficient (Wildman–Crippen LogP) is 1.47. The van der Waals surface area contributed by atoms with Gasteiger partial charge < -0.3 is 20.3 Å². The summed E-state index contributed by atoms with van der Waals surface area (Å²) in [4.78, 5) is 17.1. The van der Waals surface area contributed by atoms with Crippen LogP contribution in [0.4, 0.5) is 30.6 Å². The van der Waals surface area contributed by atoms with Gasteiger partial charge in [0.1, 0.15) is 17.5 Å². The second-order valence-electron chi connectivity index (χ2n) is 7.79. The Morgan fingerprint density at radius 2 is 1.90 bits per heavy atom. The fraction of sp³-hybridized carbons (Fsp3) is 0.526. The number of pyridine rings is 1. The Kier molecular flexibility index (Phi) is 5.00. The van der Waals surface area contributed by atoms with E-state index in [4.69, 9.17) is 10.5 Å². The van der Waals surface area contributed by atoms with Crippen molar-refractivity contribution in [2.45, 2.75) is 18.6 Å². The standard InChI is InChI=1S/C19H21F3N6O2S/c20-19(21,22)14-8-15(23)24-9-13(14)16-25-17(27-1-4-30-5-2-27)12-7-11-10-31(29)6-3-28(11)18(12)26-16/h8-9,11H,1-7,10H2,(H2,23,24)/t11-,31?/m0/s1. The normalized spacial score (nSPS) is 23.6. The zero-order valence-electron chi connectivity index (χ0n) is 16.6. The number of rotatable bonds is 2. The number of nitrogens with zero attached hydrogens (tertiary/aromatic N) is 5. The van der Waals surface area contributed by atoms with Gasteiger partial charge in [0.2, 0.25) is 0 Å². The molecule has 0 aliphatic carbocycles. The Hall–Kier alpha value is -2.47. The smallest absolute Gasteiger partial charge is 0.384 e. The van der Waals surface area contributed by atoms with Crippen molar-refractivity contribution < 1.29 is 22.1 Å². The quantitative estimate of drug-likeness (QED) is 0.729. The second-order valence-corrected chi connectivity index (χ2v) is 9.41. The summed E-state index contributed by atoms with van der Waals surface area (Å²) in [5, 5.41) is 0. The van der Waals surface area contributed by atoms with Crippen molar-refractivity contribution in [2.24, 2.45) is 0 Å². The van der Waals surface area contributed by atoms with Crippen LogP contribution < -0.4 is 15.5 Å². The van der Waals surface area contributed by atoms with Crippen LogP contribution in [0.5, 0.6) is 0 Å². The lowest BCUT2D eigenvalue weighted by molar-refractivity contribution is -0.137. The summed E-state index contributed by atoms with van der Waals surface area (Å²) in [5.41, 5.74) is 5.30. The maximum Gasteiger partial charge on any atom is 0.417 e. The van der Waals surface area contributed by atoms with Crippen molar-refractivity contribution in [2.75, 3.05) is 59.9 Å². The first-order valence-electron chi connectivity index (χ1n) is 9.99. The van der Waals surface area contributed by atoms with Gasteiger partial charge in [0.05, 0.1) is 24.3 Å². The predicted molar refractivity (Wildman–Crippen MR) is 110 cm³/mol. The molecule has 1 unspecified atom stereocenters. The maximum absolute atomic E-state index is 13.7. The lowest BCUT2D eigenvalue weighted by Crippen LogP contribution is -2.44. The van der Waals surface area contributed by atoms with E-state index in [9.17, 15) is 17.4 Å². The summed E-state index contributed by atoms with van der Waals surface area (Å²) in [6.45, 7) is 2.76. The highest BCUT2D eigenvalue weighted by Crippen LogP contribution is 2.42. The minimum atomic E-state index is -4.63. The van der Waals surface area contributed by atoms with Gasteiger partial charge in [-0.3, -0.25) is 4.21 Å². The Morgan fingerprint density at radius 1 is 1.16 bits per heavy atom. The summed E-state index contributed by atoms with van der Waals surface area (Å²) in [6.07, 6.45) is -2.92. The van der Waals surface area contributed by atoms with Crippen LogP contribution in [0, 0.1) is 0 Å². The van der Waals surface area contributed by atoms with Crippen LogP contribution in [0.1, 0.15) is 11.1 Å². The second kappa shape index (κ2) is 7.59. The van der Waals surface area contributed by atoms with E-state index < -0.39 is 22.5 Å². The van der Waals surface area contributed by atoms with Crippen molar-refractivity contribution in [3.63, 3.8) is 0 Å². The molecule has 0 radical (unpaired) electrons. The number of nitrogens with two attached hydrogens (primary N) is 1. The molecule has 3 aliphatic heterocycles. The lowest BCUT2D eigenvalue weighted by atomic mass is 10.1. The van der Waals surface area contributed by atoms with Gasteiger partial charge in [-0.05, 0) is 6.07 Å². The van der Waals surface area contributed by atoms with Crippen LogP contribution >= 0.6 is 0 Å². The zero-order chi connectivity index (χ0) is 21.8. The molecule has 2 fully saturated rings. The van der Waals surface area contributed by atoms with Gasteiger partial charge in [0.25, 0.3) is 0 Å². The fourth-order valence-corrected chi connectivity index (χ4v) is 5.67. The molecule has 8 nitrogen and oxygen atoms in total. The molecule has 5 rings (SSSR count). The molecule has 0 bridgehead atoms. The number of nitrogen functional groups attached to an aromatic ring is 1. The molecule has 0 aromatic carbocycles. The average Bonchev–Trinajstić information content (AvgIpc) is 3.10.